The van der Waals surface area contributed by atoms with Gasteiger partial charge in [0, 0.05) is 18.1 Å². The number of allylic oxidation sites excluding steroid dienone is 1. The molecular weight excluding hydrogens is 548 g/mol. The molecule has 5 nitrogen and oxygen atoms in total. The molecule has 3 N–H and O–H groups in total. The van der Waals surface area contributed by atoms with Crippen molar-refractivity contribution in [1.82, 2.24) is 0 Å². The van der Waals surface area contributed by atoms with E-state index in [1.54, 1.807) is 12.1 Å². The summed E-state index contributed by atoms with van der Waals surface area (Å²) in [4.78, 5) is 13.0. The van der Waals surface area contributed by atoms with Gasteiger partial charge in [-0.05, 0) is 146 Å². The van der Waals surface area contributed by atoms with Gasteiger partial charge in [0.05, 0.1) is 0 Å². The second kappa shape index (κ2) is 10.6. The van der Waals surface area contributed by atoms with Crippen LogP contribution in [0.5, 0.6) is 11.5 Å². The minimum atomic E-state index is -0.355. The number of carbonyl (C=O) groups is 1. The minimum absolute atomic E-state index is 0.0825. The van der Waals surface area contributed by atoms with Gasteiger partial charge in [0.2, 0.25) is 0 Å². The van der Waals surface area contributed by atoms with Crippen LogP contribution in [0.2, 0.25) is 0 Å². The Morgan fingerprint density at radius 1 is 0.909 bits per heavy atom. The SMILES string of the molecule is C=C(C)[C@@H]1CC[C@@]2(CO)CC[C@@]3(C)C(CC[C@H]4[C@]5(C)CC[C@@H](OC(=O)C=Cc6ccc(O)c(O)c6)C(C)(C)[C@@H]5CC[C@]43C)[C@H]12. The molecule has 5 saturated carbocycles. The lowest BCUT2D eigenvalue weighted by Gasteiger charge is -2.73. The molecule has 5 heteroatoms. The Morgan fingerprint density at radius 3 is 2.34 bits per heavy atom. The fourth-order valence-electron chi connectivity index (χ4n) is 12.7. The molecule has 0 aromatic heterocycles. The number of hydrogen-bond acceptors (Lipinski definition) is 5. The number of fused-ring (bicyclic) bond motifs is 7. The van der Waals surface area contributed by atoms with Crippen molar-refractivity contribution in [3.63, 3.8) is 0 Å². The third kappa shape index (κ3) is 4.45. The van der Waals surface area contributed by atoms with Crippen LogP contribution in [-0.4, -0.2) is 34.0 Å². The highest BCUT2D eigenvalue weighted by molar-refractivity contribution is 5.87. The second-order valence-corrected chi connectivity index (χ2v) is 17.1. The standard InChI is InChI=1S/C39H56O5/c1-24(2)26-14-19-39(23-40)21-20-37(6)27(34(26)39)10-12-31-36(5)17-16-32(35(3,4)30(36)15-18-38(31,37)7)44-33(43)13-9-25-8-11-28(41)29(42)22-25/h8-9,11,13,22,26-27,30-32,34,40-42H,1,10,12,14-21,23H2,2-7H3/t26-,27?,30-,31-,32+,34-,36+,37-,38+,39-/m0/s1. The Kier molecular flexibility index (Phi) is 7.67. The van der Waals surface area contributed by atoms with Crippen LogP contribution in [0.15, 0.2) is 36.4 Å². The van der Waals surface area contributed by atoms with Crippen molar-refractivity contribution in [3.05, 3.63) is 42.0 Å². The van der Waals surface area contributed by atoms with Crippen molar-refractivity contribution >= 4 is 12.0 Å². The first-order valence-corrected chi connectivity index (χ1v) is 17.3. The number of aliphatic hydroxyl groups is 1. The van der Waals surface area contributed by atoms with Crippen molar-refractivity contribution in [1.29, 1.82) is 0 Å². The van der Waals surface area contributed by atoms with Gasteiger partial charge in [-0.1, -0.05) is 52.8 Å². The molecule has 0 aliphatic heterocycles. The molecule has 1 aromatic rings. The molecule has 0 heterocycles. The van der Waals surface area contributed by atoms with Crippen LogP contribution < -0.4 is 0 Å². The van der Waals surface area contributed by atoms with Crippen LogP contribution in [0.25, 0.3) is 6.08 Å². The lowest BCUT2D eigenvalue weighted by molar-refractivity contribution is -0.251. The van der Waals surface area contributed by atoms with E-state index in [2.05, 4.69) is 48.1 Å². The minimum Gasteiger partial charge on any atom is -0.504 e. The van der Waals surface area contributed by atoms with Crippen molar-refractivity contribution in [2.45, 2.75) is 112 Å². The molecule has 0 saturated heterocycles. The number of aromatic hydroxyl groups is 2. The highest BCUT2D eigenvalue weighted by Gasteiger charge is 2.71. The Bertz CT molecular complexity index is 1350. The fourth-order valence-corrected chi connectivity index (χ4v) is 12.7. The monoisotopic (exact) mass is 604 g/mol. The maximum atomic E-state index is 13.0. The Labute approximate surface area is 265 Å². The van der Waals surface area contributed by atoms with Crippen LogP contribution in [0.4, 0.5) is 0 Å². The molecule has 0 amide bonds. The predicted molar refractivity (Wildman–Crippen MR) is 175 cm³/mol. The zero-order valence-corrected chi connectivity index (χ0v) is 28.0. The lowest BCUT2D eigenvalue weighted by Crippen LogP contribution is -2.67. The van der Waals surface area contributed by atoms with Gasteiger partial charge in [-0.3, -0.25) is 0 Å². The molecule has 10 atom stereocenters. The Hall–Kier alpha value is -2.27. The number of rotatable bonds is 5. The van der Waals surface area contributed by atoms with E-state index in [4.69, 9.17) is 4.74 Å². The van der Waals surface area contributed by atoms with E-state index in [1.165, 1.54) is 55.9 Å². The Morgan fingerprint density at radius 2 is 1.66 bits per heavy atom. The van der Waals surface area contributed by atoms with Crippen LogP contribution in [0, 0.1) is 56.7 Å². The Balaban J connectivity index is 1.22. The van der Waals surface area contributed by atoms with E-state index in [1.807, 2.05) is 0 Å². The summed E-state index contributed by atoms with van der Waals surface area (Å²) in [6.07, 6.45) is 14.5. The lowest BCUT2D eigenvalue weighted by atomic mass is 9.32. The van der Waals surface area contributed by atoms with E-state index < -0.39 is 0 Å². The van der Waals surface area contributed by atoms with Crippen LogP contribution in [0.3, 0.4) is 0 Å². The van der Waals surface area contributed by atoms with Crippen LogP contribution >= 0.6 is 0 Å². The van der Waals surface area contributed by atoms with Gasteiger partial charge >= 0.3 is 5.97 Å². The summed E-state index contributed by atoms with van der Waals surface area (Å²) >= 11 is 0. The topological polar surface area (TPSA) is 87.0 Å². The largest absolute Gasteiger partial charge is 0.504 e. The van der Waals surface area contributed by atoms with E-state index in [0.717, 1.165) is 32.1 Å². The first-order valence-electron chi connectivity index (χ1n) is 17.3. The van der Waals surface area contributed by atoms with Crippen molar-refractivity contribution in [2.24, 2.45) is 56.7 Å². The summed E-state index contributed by atoms with van der Waals surface area (Å²) < 4.78 is 6.18. The first kappa shape index (κ1) is 31.7. The van der Waals surface area contributed by atoms with E-state index >= 15 is 0 Å². The summed E-state index contributed by atoms with van der Waals surface area (Å²) in [6.45, 7) is 19.5. The van der Waals surface area contributed by atoms with Gasteiger partial charge < -0.3 is 20.1 Å². The molecule has 5 aliphatic rings. The summed E-state index contributed by atoms with van der Waals surface area (Å²) in [5.74, 6) is 2.10. The van der Waals surface area contributed by atoms with Crippen LogP contribution in [0.1, 0.15) is 111 Å². The van der Waals surface area contributed by atoms with Gasteiger partial charge in [0.25, 0.3) is 0 Å². The summed E-state index contributed by atoms with van der Waals surface area (Å²) in [5, 5.41) is 30.2. The normalized spacial score (nSPS) is 44.2. The van der Waals surface area contributed by atoms with Gasteiger partial charge in [-0.2, -0.15) is 0 Å². The third-order valence-corrected chi connectivity index (χ3v) is 15.2. The number of carbonyl (C=O) groups excluding carboxylic acids is 1. The molecule has 5 aliphatic carbocycles. The number of ether oxygens (including phenoxy) is 1. The zero-order chi connectivity index (χ0) is 31.9. The molecule has 242 valence electrons. The van der Waals surface area contributed by atoms with Crippen LogP contribution in [-0.2, 0) is 9.53 Å². The van der Waals surface area contributed by atoms with E-state index in [-0.39, 0.29) is 50.6 Å². The molecule has 44 heavy (non-hydrogen) atoms. The molecule has 6 rings (SSSR count). The number of benzene rings is 1. The summed E-state index contributed by atoms with van der Waals surface area (Å²) in [6, 6.07) is 4.51. The number of esters is 1. The predicted octanol–water partition coefficient (Wildman–Crippen LogP) is 8.67. The maximum absolute atomic E-state index is 13.0. The number of phenolic OH excluding ortho intramolecular Hbond substituents is 2. The summed E-state index contributed by atoms with van der Waals surface area (Å²) in [7, 11) is 0. The quantitative estimate of drug-likeness (QED) is 0.135. The first-order chi connectivity index (χ1) is 20.6. The van der Waals surface area contributed by atoms with Crippen molar-refractivity contribution < 1.29 is 24.9 Å². The number of aliphatic hydroxyl groups excluding tert-OH is 1. The van der Waals surface area contributed by atoms with Gasteiger partial charge in [0.15, 0.2) is 11.5 Å². The zero-order valence-electron chi connectivity index (χ0n) is 28.0. The van der Waals surface area contributed by atoms with E-state index in [0.29, 0.717) is 41.8 Å². The molecule has 1 unspecified atom stereocenters. The molecule has 0 radical (unpaired) electrons. The van der Waals surface area contributed by atoms with Gasteiger partial charge in [0.1, 0.15) is 6.10 Å². The second-order valence-electron chi connectivity index (χ2n) is 17.1. The van der Waals surface area contributed by atoms with Crippen molar-refractivity contribution in [2.75, 3.05) is 6.61 Å². The molecule has 5 fully saturated rings. The average Bonchev–Trinajstić information content (AvgIpc) is 3.36. The third-order valence-electron chi connectivity index (χ3n) is 15.2. The number of hydrogen-bond donors (Lipinski definition) is 3. The molecule has 1 aromatic carbocycles. The maximum Gasteiger partial charge on any atom is 0.331 e. The highest BCUT2D eigenvalue weighted by Crippen LogP contribution is 2.77. The summed E-state index contributed by atoms with van der Waals surface area (Å²) in [5.41, 5.74) is 2.61. The van der Waals surface area contributed by atoms with Gasteiger partial charge in [-0.25, -0.2) is 4.79 Å². The molecule has 0 bridgehead atoms. The van der Waals surface area contributed by atoms with Crippen molar-refractivity contribution in [3.8, 4) is 11.5 Å². The average molecular weight is 605 g/mol. The van der Waals surface area contributed by atoms with Gasteiger partial charge in [-0.15, -0.1) is 0 Å². The van der Waals surface area contributed by atoms with E-state index in [9.17, 15) is 20.1 Å². The smallest absolute Gasteiger partial charge is 0.331 e. The highest BCUT2D eigenvalue weighted by atomic mass is 16.5. The molecular formula is C39H56O5. The fraction of sp³-hybridized carbons (Fsp3) is 0.718. The number of phenols is 2. The molecule has 0 spiro atoms.